The summed E-state index contributed by atoms with van der Waals surface area (Å²) in [6, 6.07) is 0. The van der Waals surface area contributed by atoms with E-state index in [0.717, 1.165) is 24.8 Å². The number of hydrogen-bond donors (Lipinski definition) is 1. The summed E-state index contributed by atoms with van der Waals surface area (Å²) in [4.78, 5) is 12.6. The van der Waals surface area contributed by atoms with E-state index in [2.05, 4.69) is 0 Å². The summed E-state index contributed by atoms with van der Waals surface area (Å²) in [7, 11) is 1.59. The number of rotatable bonds is 2. The highest BCUT2D eigenvalue weighted by atomic mass is 16.5. The molecule has 0 aromatic carbocycles. The summed E-state index contributed by atoms with van der Waals surface area (Å²) in [5.41, 5.74) is 2.01. The van der Waals surface area contributed by atoms with Crippen LogP contribution >= 0.6 is 0 Å². The van der Waals surface area contributed by atoms with E-state index < -0.39 is 0 Å². The molecule has 0 fully saturated rings. The van der Waals surface area contributed by atoms with Gasteiger partial charge in [-0.2, -0.15) is 0 Å². The van der Waals surface area contributed by atoms with Crippen LogP contribution in [0, 0.1) is 0 Å². The molecular weight excluding hydrogens is 268 g/mol. The number of hydrogen-bond acceptors (Lipinski definition) is 3. The quantitative estimate of drug-likeness (QED) is 0.909. The molecule has 1 aliphatic carbocycles. The Bertz CT molecular complexity index is 717. The lowest BCUT2D eigenvalue weighted by molar-refractivity contribution is 0.303. The van der Waals surface area contributed by atoms with Crippen LogP contribution < -0.4 is 5.56 Å². The maximum absolute atomic E-state index is 12.6. The Hall–Kier alpha value is -2.17. The third-order valence-corrected chi connectivity index (χ3v) is 4.05. The molecule has 3 rings (SSSR count). The molecule has 1 aliphatic heterocycles. The third-order valence-electron chi connectivity index (χ3n) is 4.05. The topological polar surface area (TPSA) is 56.4 Å². The predicted molar refractivity (Wildman–Crippen MR) is 81.0 cm³/mol. The van der Waals surface area contributed by atoms with Crippen LogP contribution in [0.5, 0.6) is 5.88 Å². The van der Waals surface area contributed by atoms with Gasteiger partial charge in [0.2, 0.25) is 5.88 Å². The van der Waals surface area contributed by atoms with Gasteiger partial charge < -0.3 is 9.84 Å². The van der Waals surface area contributed by atoms with Gasteiger partial charge in [0.15, 0.2) is 0 Å². The van der Waals surface area contributed by atoms with Crippen molar-refractivity contribution in [3.05, 3.63) is 45.5 Å². The first kappa shape index (κ1) is 13.8. The Morgan fingerprint density at radius 2 is 1.95 bits per heavy atom. The van der Waals surface area contributed by atoms with Crippen LogP contribution in [0.15, 0.2) is 34.4 Å². The molecule has 5 heteroatoms. The summed E-state index contributed by atoms with van der Waals surface area (Å²) in [5.74, 6) is 0.666. The van der Waals surface area contributed by atoms with Crippen molar-refractivity contribution < 1.29 is 9.84 Å². The lowest BCUT2D eigenvalue weighted by Crippen LogP contribution is -2.27. The van der Waals surface area contributed by atoms with E-state index in [9.17, 15) is 9.90 Å². The number of allylic oxidation sites excluding steroid dienone is 5. The first-order valence-corrected chi connectivity index (χ1v) is 7.28. The second-order valence-electron chi connectivity index (χ2n) is 5.54. The lowest BCUT2D eigenvalue weighted by atomic mass is 10.1. The molecular formula is C16H20N2O3. The van der Waals surface area contributed by atoms with E-state index in [1.807, 2.05) is 25.2 Å². The van der Waals surface area contributed by atoms with Crippen LogP contribution in [0.3, 0.4) is 0 Å². The van der Waals surface area contributed by atoms with Crippen LogP contribution in [0.25, 0.3) is 5.57 Å². The number of aromatic hydroxyl groups is 1. The average Bonchev–Trinajstić information content (AvgIpc) is 2.64. The van der Waals surface area contributed by atoms with Gasteiger partial charge in [-0.05, 0) is 32.3 Å². The summed E-state index contributed by atoms with van der Waals surface area (Å²) in [6.07, 6.45) is 8.55. The Morgan fingerprint density at radius 1 is 1.24 bits per heavy atom. The number of aromatic nitrogens is 2. The van der Waals surface area contributed by atoms with E-state index >= 15 is 0 Å². The number of ether oxygens (including phenoxy) is 1. The maximum Gasteiger partial charge on any atom is 0.278 e. The molecule has 0 radical (unpaired) electrons. The molecule has 0 amide bonds. The molecule has 112 valence electrons. The molecule has 1 aromatic heterocycles. The minimum atomic E-state index is -0.144. The molecule has 0 saturated heterocycles. The maximum atomic E-state index is 12.6. The van der Waals surface area contributed by atoms with Gasteiger partial charge in [0.05, 0.1) is 7.11 Å². The van der Waals surface area contributed by atoms with Crippen LogP contribution in [0.1, 0.15) is 31.7 Å². The zero-order valence-corrected chi connectivity index (χ0v) is 12.4. The molecule has 5 nitrogen and oxygen atoms in total. The van der Waals surface area contributed by atoms with Gasteiger partial charge in [0, 0.05) is 18.7 Å². The highest BCUT2D eigenvalue weighted by Gasteiger charge is 2.25. The molecule has 2 aliphatic rings. The van der Waals surface area contributed by atoms with Crippen molar-refractivity contribution in [1.82, 2.24) is 9.36 Å². The smallest absolute Gasteiger partial charge is 0.278 e. The van der Waals surface area contributed by atoms with Crippen LogP contribution in [-0.4, -0.2) is 21.6 Å². The second kappa shape index (κ2) is 5.31. The number of fused-ring (bicyclic) bond motifs is 1. The first-order chi connectivity index (χ1) is 10.1. The third kappa shape index (κ3) is 2.22. The van der Waals surface area contributed by atoms with E-state index in [-0.39, 0.29) is 11.4 Å². The monoisotopic (exact) mass is 288 g/mol. The minimum absolute atomic E-state index is 0.0434. The van der Waals surface area contributed by atoms with E-state index in [1.165, 1.54) is 0 Å². The van der Waals surface area contributed by atoms with Gasteiger partial charge in [-0.25, -0.2) is 4.68 Å². The summed E-state index contributed by atoms with van der Waals surface area (Å²) >= 11 is 0. The highest BCUT2D eigenvalue weighted by molar-refractivity contribution is 5.80. The number of nitrogens with zero attached hydrogens (tertiary/aromatic N) is 2. The van der Waals surface area contributed by atoms with Crippen molar-refractivity contribution in [2.75, 3.05) is 7.11 Å². The van der Waals surface area contributed by atoms with E-state index in [4.69, 9.17) is 4.74 Å². The van der Waals surface area contributed by atoms with Gasteiger partial charge in [-0.3, -0.25) is 9.48 Å². The predicted octanol–water partition coefficient (Wildman–Crippen LogP) is 2.41. The summed E-state index contributed by atoms with van der Waals surface area (Å²) in [5, 5.41) is 10.5. The normalized spacial score (nSPS) is 18.3. The highest BCUT2D eigenvalue weighted by Crippen LogP contribution is 2.31. The van der Waals surface area contributed by atoms with Gasteiger partial charge >= 0.3 is 0 Å². The fraction of sp³-hybridized carbons (Fsp3) is 0.438. The van der Waals surface area contributed by atoms with Gasteiger partial charge in [0.1, 0.15) is 11.3 Å². The molecule has 0 atom stereocenters. The Morgan fingerprint density at radius 3 is 2.62 bits per heavy atom. The Labute approximate surface area is 123 Å². The van der Waals surface area contributed by atoms with Crippen molar-refractivity contribution in [2.45, 2.75) is 39.3 Å². The lowest BCUT2D eigenvalue weighted by Gasteiger charge is -2.16. The van der Waals surface area contributed by atoms with Gasteiger partial charge in [0.25, 0.3) is 5.56 Å². The molecule has 0 unspecified atom stereocenters. The molecule has 1 aromatic rings. The average molecular weight is 288 g/mol. The van der Waals surface area contributed by atoms with Crippen LogP contribution in [0.4, 0.5) is 0 Å². The first-order valence-electron chi connectivity index (χ1n) is 7.28. The summed E-state index contributed by atoms with van der Waals surface area (Å²) in [6.45, 7) is 3.35. The zero-order chi connectivity index (χ0) is 15.0. The largest absolute Gasteiger partial charge is 0.496 e. The molecule has 0 bridgehead atoms. The van der Waals surface area contributed by atoms with E-state index in [1.54, 1.807) is 16.5 Å². The molecule has 0 spiro atoms. The minimum Gasteiger partial charge on any atom is -0.496 e. The van der Waals surface area contributed by atoms with Crippen molar-refractivity contribution in [1.29, 1.82) is 0 Å². The Balaban J connectivity index is 2.25. The molecule has 2 heterocycles. The van der Waals surface area contributed by atoms with Crippen molar-refractivity contribution in [2.24, 2.45) is 0 Å². The van der Waals surface area contributed by atoms with Gasteiger partial charge in [-0.1, -0.05) is 17.7 Å². The SMILES string of the molecule is COC1=C(c2c(O)n3n(c2=O)CCCC3)C=CCC(C)=C1. The van der Waals surface area contributed by atoms with Crippen molar-refractivity contribution in [3.8, 4) is 5.88 Å². The van der Waals surface area contributed by atoms with Crippen LogP contribution in [-0.2, 0) is 17.8 Å². The standard InChI is InChI=1S/C16H20N2O3/c1-11-6-5-7-12(13(10-11)21-2)14-15(19)17-8-3-4-9-18(17)16(14)20/h5,7,10,19H,3-4,6,8-9H2,1-2H3. The van der Waals surface area contributed by atoms with Crippen LogP contribution in [0.2, 0.25) is 0 Å². The summed E-state index contributed by atoms with van der Waals surface area (Å²) < 4.78 is 8.74. The van der Waals surface area contributed by atoms with E-state index in [0.29, 0.717) is 30.0 Å². The van der Waals surface area contributed by atoms with Crippen molar-refractivity contribution in [3.63, 3.8) is 0 Å². The molecule has 0 saturated carbocycles. The zero-order valence-electron chi connectivity index (χ0n) is 12.4. The van der Waals surface area contributed by atoms with Crippen molar-refractivity contribution >= 4 is 5.57 Å². The number of methoxy groups -OCH3 is 1. The van der Waals surface area contributed by atoms with Gasteiger partial charge in [-0.15, -0.1) is 0 Å². The fourth-order valence-electron chi connectivity index (χ4n) is 2.97. The Kier molecular flexibility index (Phi) is 3.49. The molecule has 1 N–H and O–H groups in total. The fourth-order valence-corrected chi connectivity index (χ4v) is 2.97. The second-order valence-corrected chi connectivity index (χ2v) is 5.54. The molecule has 21 heavy (non-hydrogen) atoms.